The van der Waals surface area contributed by atoms with Gasteiger partial charge in [-0.15, -0.1) is 0 Å². The fourth-order valence-electron chi connectivity index (χ4n) is 2.47. The average Bonchev–Trinajstić information content (AvgIpc) is 2.78. The summed E-state index contributed by atoms with van der Waals surface area (Å²) >= 11 is 4.29. The Bertz CT molecular complexity index is 269. The molecule has 0 saturated carbocycles. The van der Waals surface area contributed by atoms with Crippen LogP contribution in [0.3, 0.4) is 0 Å². The number of rotatable bonds is 2. The molecule has 17 heavy (non-hydrogen) atoms. The van der Waals surface area contributed by atoms with E-state index in [-0.39, 0.29) is 6.03 Å². The number of nitrogens with zero attached hydrogens (tertiary/aromatic N) is 3. The maximum absolute atomic E-state index is 12.2. The van der Waals surface area contributed by atoms with Gasteiger partial charge in [-0.1, -0.05) is 12.8 Å². The first-order valence-corrected chi connectivity index (χ1v) is 6.57. The van der Waals surface area contributed by atoms with Gasteiger partial charge in [0.1, 0.15) is 0 Å². The highest BCUT2D eigenvalue weighted by Gasteiger charge is 2.30. The molecule has 0 spiro atoms. The van der Waals surface area contributed by atoms with Gasteiger partial charge in [0.2, 0.25) is 0 Å². The van der Waals surface area contributed by atoms with E-state index in [1.807, 2.05) is 14.1 Å². The second-order valence-corrected chi connectivity index (χ2v) is 5.35. The zero-order chi connectivity index (χ0) is 12.3. The summed E-state index contributed by atoms with van der Waals surface area (Å²) in [5.41, 5.74) is 0. The number of thiol groups is 1. The van der Waals surface area contributed by atoms with Gasteiger partial charge in [0.25, 0.3) is 0 Å². The molecule has 2 amide bonds. The Labute approximate surface area is 108 Å². The van der Waals surface area contributed by atoms with Gasteiger partial charge in [-0.3, -0.25) is 0 Å². The molecular weight excluding hydrogens is 238 g/mol. The van der Waals surface area contributed by atoms with E-state index in [0.717, 1.165) is 52.3 Å². The highest BCUT2D eigenvalue weighted by Crippen LogP contribution is 2.18. The molecule has 0 aromatic rings. The second-order valence-electron chi connectivity index (χ2n) is 4.78. The summed E-state index contributed by atoms with van der Waals surface area (Å²) in [6.45, 7) is 5.74. The van der Waals surface area contributed by atoms with Gasteiger partial charge in [-0.05, 0) is 6.42 Å². The molecule has 2 aliphatic rings. The molecule has 0 bridgehead atoms. The van der Waals surface area contributed by atoms with Crippen LogP contribution in [0.25, 0.3) is 0 Å². The first-order valence-electron chi connectivity index (χ1n) is 6.17. The highest BCUT2D eigenvalue weighted by atomic mass is 32.1. The Morgan fingerprint density at radius 3 is 2.59 bits per heavy atom. The molecule has 2 rings (SSSR count). The van der Waals surface area contributed by atoms with Gasteiger partial charge in [-0.25, -0.2) is 9.10 Å². The summed E-state index contributed by atoms with van der Waals surface area (Å²) in [6.07, 6.45) is 1.06. The molecule has 6 heteroatoms. The maximum Gasteiger partial charge on any atom is 0.320 e. The fraction of sp³-hybridized carbons (Fsp3) is 0.909. The molecule has 0 aliphatic carbocycles. The lowest BCUT2D eigenvalue weighted by Gasteiger charge is -2.34. The van der Waals surface area contributed by atoms with Crippen LogP contribution in [0.15, 0.2) is 0 Å². The molecule has 0 radical (unpaired) electrons. The second kappa shape index (κ2) is 5.93. The van der Waals surface area contributed by atoms with Crippen molar-refractivity contribution in [3.8, 4) is 0 Å². The normalized spacial score (nSPS) is 26.6. The number of ether oxygens (including phenoxy) is 1. The van der Waals surface area contributed by atoms with E-state index in [2.05, 4.69) is 12.8 Å². The minimum Gasteiger partial charge on any atom is -0.384 e. The summed E-state index contributed by atoms with van der Waals surface area (Å²) < 4.78 is 7.10. The van der Waals surface area contributed by atoms with Gasteiger partial charge in [-0.2, -0.15) is 0 Å². The molecule has 2 fully saturated rings. The third-order valence-electron chi connectivity index (χ3n) is 3.49. The Hall–Kier alpha value is -0.460. The van der Waals surface area contributed by atoms with Crippen LogP contribution < -0.4 is 0 Å². The molecular formula is C11H21N3O2S. The van der Waals surface area contributed by atoms with Crippen LogP contribution in [0.5, 0.6) is 0 Å². The molecule has 2 heterocycles. The van der Waals surface area contributed by atoms with Crippen molar-refractivity contribution in [2.45, 2.75) is 6.42 Å². The summed E-state index contributed by atoms with van der Waals surface area (Å²) in [6, 6.07) is 0.185. The van der Waals surface area contributed by atoms with E-state index in [1.54, 1.807) is 7.11 Å². The van der Waals surface area contributed by atoms with Crippen molar-refractivity contribution >= 4 is 18.8 Å². The number of amides is 2. The van der Waals surface area contributed by atoms with Crippen LogP contribution in [-0.4, -0.2) is 73.1 Å². The van der Waals surface area contributed by atoms with Crippen molar-refractivity contribution in [1.29, 1.82) is 0 Å². The predicted molar refractivity (Wildman–Crippen MR) is 69.1 cm³/mol. The van der Waals surface area contributed by atoms with Gasteiger partial charge < -0.3 is 14.5 Å². The molecule has 1 atom stereocenters. The van der Waals surface area contributed by atoms with Crippen LogP contribution in [0.4, 0.5) is 4.79 Å². The molecule has 98 valence electrons. The molecule has 5 nitrogen and oxygen atoms in total. The fourth-order valence-corrected chi connectivity index (χ4v) is 2.64. The van der Waals surface area contributed by atoms with E-state index in [0.29, 0.717) is 5.92 Å². The minimum atomic E-state index is 0.185. The smallest absolute Gasteiger partial charge is 0.320 e. The van der Waals surface area contributed by atoms with E-state index >= 15 is 0 Å². The van der Waals surface area contributed by atoms with Crippen LogP contribution in [0.1, 0.15) is 6.42 Å². The zero-order valence-electron chi connectivity index (χ0n) is 10.3. The van der Waals surface area contributed by atoms with Crippen molar-refractivity contribution in [2.24, 2.45) is 5.92 Å². The number of likely N-dealkylation sites (tertiary alicyclic amines) is 1. The van der Waals surface area contributed by atoms with Gasteiger partial charge in [0.15, 0.2) is 0 Å². The van der Waals surface area contributed by atoms with Crippen molar-refractivity contribution in [3.05, 3.63) is 0 Å². The van der Waals surface area contributed by atoms with Crippen molar-refractivity contribution in [3.63, 3.8) is 0 Å². The number of hydrogen-bond acceptors (Lipinski definition) is 4. The van der Waals surface area contributed by atoms with E-state index in [9.17, 15) is 4.79 Å². The minimum absolute atomic E-state index is 0.185. The quantitative estimate of drug-likeness (QED) is 0.735. The molecule has 0 aromatic heterocycles. The Morgan fingerprint density at radius 1 is 1.24 bits per heavy atom. The first-order chi connectivity index (χ1) is 8.20. The third kappa shape index (κ3) is 3.26. The lowest BCUT2D eigenvalue weighted by atomic mass is 10.1. The number of piperazine rings is 1. The maximum atomic E-state index is 12.2. The van der Waals surface area contributed by atoms with Crippen molar-refractivity contribution in [1.82, 2.24) is 14.1 Å². The van der Waals surface area contributed by atoms with Crippen LogP contribution in [-0.2, 0) is 4.74 Å². The van der Waals surface area contributed by atoms with Gasteiger partial charge in [0, 0.05) is 52.3 Å². The van der Waals surface area contributed by atoms with Crippen molar-refractivity contribution < 1.29 is 9.53 Å². The van der Waals surface area contributed by atoms with Crippen molar-refractivity contribution in [2.75, 3.05) is 53.0 Å². The molecule has 2 aliphatic heterocycles. The molecule has 0 N–H and O–H groups in total. The monoisotopic (exact) mass is 259 g/mol. The number of urea groups is 1. The average molecular weight is 259 g/mol. The van der Waals surface area contributed by atoms with E-state index in [4.69, 9.17) is 4.74 Å². The Morgan fingerprint density at radius 2 is 1.94 bits per heavy atom. The van der Waals surface area contributed by atoms with E-state index < -0.39 is 0 Å². The standard InChI is InChI=1S/C11H21N3O2S/c1-16-9-10-2-3-13(8-10)11(15)12-4-6-14(17)7-5-12/h10,17H,2-9H2,1H3. The summed E-state index contributed by atoms with van der Waals surface area (Å²) in [7, 11) is 1.72. The topological polar surface area (TPSA) is 36.0 Å². The first kappa shape index (κ1) is 13.0. The number of carbonyl (C=O) groups excluding carboxylic acids is 1. The lowest BCUT2D eigenvalue weighted by Crippen LogP contribution is -2.50. The Balaban J connectivity index is 1.80. The van der Waals surface area contributed by atoms with Crippen LogP contribution >= 0.6 is 12.8 Å². The third-order valence-corrected chi connectivity index (χ3v) is 3.89. The number of carbonyl (C=O) groups is 1. The SMILES string of the molecule is COCC1CCN(C(=O)N2CCN(S)CC2)C1. The van der Waals surface area contributed by atoms with Crippen LogP contribution in [0, 0.1) is 5.92 Å². The summed E-state index contributed by atoms with van der Waals surface area (Å²) in [5.74, 6) is 0.509. The summed E-state index contributed by atoms with van der Waals surface area (Å²) in [4.78, 5) is 16.1. The van der Waals surface area contributed by atoms with E-state index in [1.165, 1.54) is 0 Å². The Kier molecular flexibility index (Phi) is 4.53. The molecule has 2 saturated heterocycles. The lowest BCUT2D eigenvalue weighted by molar-refractivity contribution is 0.134. The number of hydrogen-bond donors (Lipinski definition) is 1. The van der Waals surface area contributed by atoms with Gasteiger partial charge in [0.05, 0.1) is 6.61 Å². The molecule has 0 aromatic carbocycles. The number of methoxy groups -OCH3 is 1. The zero-order valence-corrected chi connectivity index (χ0v) is 11.2. The summed E-state index contributed by atoms with van der Waals surface area (Å²) in [5, 5.41) is 0. The molecule has 1 unspecified atom stereocenters. The van der Waals surface area contributed by atoms with Gasteiger partial charge >= 0.3 is 6.03 Å². The van der Waals surface area contributed by atoms with Crippen LogP contribution in [0.2, 0.25) is 0 Å². The highest BCUT2D eigenvalue weighted by molar-refractivity contribution is 7.77. The predicted octanol–water partition coefficient (Wildman–Crippen LogP) is 0.537. The largest absolute Gasteiger partial charge is 0.384 e.